The van der Waals surface area contributed by atoms with Crippen molar-refractivity contribution in [1.29, 1.82) is 0 Å². The lowest BCUT2D eigenvalue weighted by molar-refractivity contribution is 0.0689. The summed E-state index contributed by atoms with van der Waals surface area (Å²) in [6.45, 7) is 0.196. The molecule has 1 aromatic rings. The Labute approximate surface area is 94.1 Å². The van der Waals surface area contributed by atoms with Crippen LogP contribution >= 0.6 is 0 Å². The summed E-state index contributed by atoms with van der Waals surface area (Å²) in [5, 5.41) is 8.97. The van der Waals surface area contributed by atoms with Gasteiger partial charge in [-0.25, -0.2) is 9.78 Å². The number of carboxylic acid groups (broad SMARTS) is 1. The number of hydrogen-bond donors (Lipinski definition) is 3. The number of carbonyl (C=O) groups is 1. The summed E-state index contributed by atoms with van der Waals surface area (Å²) < 4.78 is 0. The first-order valence-electron chi connectivity index (χ1n) is 5.74. The molecule has 0 aliphatic heterocycles. The first-order valence-corrected chi connectivity index (χ1v) is 5.74. The number of nitrogens with two attached hydrogens (primary N) is 1. The van der Waals surface area contributed by atoms with E-state index in [-0.39, 0.29) is 12.2 Å². The maximum atomic E-state index is 10.9. The van der Waals surface area contributed by atoms with Gasteiger partial charge in [0.05, 0.1) is 5.69 Å². The van der Waals surface area contributed by atoms with Gasteiger partial charge < -0.3 is 15.8 Å². The molecule has 1 fully saturated rings. The van der Waals surface area contributed by atoms with Gasteiger partial charge in [0.1, 0.15) is 5.82 Å². The summed E-state index contributed by atoms with van der Waals surface area (Å²) in [6, 6.07) is 0. The number of H-pyrrole nitrogens is 1. The molecule has 0 unspecified atom stereocenters. The van der Waals surface area contributed by atoms with E-state index >= 15 is 0 Å². The predicted molar refractivity (Wildman–Crippen MR) is 59.3 cm³/mol. The van der Waals surface area contributed by atoms with E-state index in [1.165, 1.54) is 19.3 Å². The number of imidazole rings is 1. The Morgan fingerprint density at radius 1 is 1.44 bits per heavy atom. The second-order valence-electron chi connectivity index (χ2n) is 4.29. The highest BCUT2D eigenvalue weighted by atomic mass is 16.4. The maximum absolute atomic E-state index is 10.9. The molecule has 0 spiro atoms. The molecule has 1 aromatic heterocycles. The van der Waals surface area contributed by atoms with E-state index in [1.54, 1.807) is 0 Å². The fourth-order valence-electron chi connectivity index (χ4n) is 2.32. The largest absolute Gasteiger partial charge is 0.476 e. The summed E-state index contributed by atoms with van der Waals surface area (Å²) in [4.78, 5) is 18.2. The number of nitrogens with one attached hydrogen (secondary N) is 1. The second kappa shape index (κ2) is 4.65. The topological polar surface area (TPSA) is 92.0 Å². The number of carboxylic acids is 1. The number of rotatable bonds is 3. The third-order valence-electron chi connectivity index (χ3n) is 3.20. The molecule has 2 rings (SSSR count). The SMILES string of the molecule is NCc1[nH]c(C2CCCCC2)nc1C(=O)O. The maximum Gasteiger partial charge on any atom is 0.356 e. The van der Waals surface area contributed by atoms with Gasteiger partial charge in [-0.15, -0.1) is 0 Å². The van der Waals surface area contributed by atoms with E-state index < -0.39 is 5.97 Å². The van der Waals surface area contributed by atoms with Crippen LogP contribution in [0, 0.1) is 0 Å². The summed E-state index contributed by atoms with van der Waals surface area (Å²) in [5.74, 6) is 0.184. The first kappa shape index (κ1) is 11.1. The normalized spacial score (nSPS) is 17.6. The molecular weight excluding hydrogens is 206 g/mol. The van der Waals surface area contributed by atoms with Crippen LogP contribution in [0.15, 0.2) is 0 Å². The zero-order chi connectivity index (χ0) is 11.5. The van der Waals surface area contributed by atoms with Crippen molar-refractivity contribution in [2.75, 3.05) is 0 Å². The Hall–Kier alpha value is -1.36. The average molecular weight is 223 g/mol. The van der Waals surface area contributed by atoms with E-state index in [4.69, 9.17) is 10.8 Å². The summed E-state index contributed by atoms with van der Waals surface area (Å²) in [6.07, 6.45) is 5.86. The van der Waals surface area contributed by atoms with Gasteiger partial charge in [-0.2, -0.15) is 0 Å². The van der Waals surface area contributed by atoms with Crippen LogP contribution in [-0.4, -0.2) is 21.0 Å². The van der Waals surface area contributed by atoms with Crippen LogP contribution in [0.3, 0.4) is 0 Å². The van der Waals surface area contributed by atoms with Gasteiger partial charge in [0, 0.05) is 12.5 Å². The summed E-state index contributed by atoms with van der Waals surface area (Å²) in [7, 11) is 0. The molecule has 1 aliphatic rings. The second-order valence-corrected chi connectivity index (χ2v) is 4.29. The molecule has 88 valence electrons. The van der Waals surface area contributed by atoms with Crippen LogP contribution in [0.1, 0.15) is 60.0 Å². The number of aromatic carboxylic acids is 1. The minimum atomic E-state index is -1.00. The highest BCUT2D eigenvalue weighted by Crippen LogP contribution is 2.31. The Balaban J connectivity index is 2.24. The molecule has 5 heteroatoms. The van der Waals surface area contributed by atoms with E-state index in [0.717, 1.165) is 18.7 Å². The van der Waals surface area contributed by atoms with E-state index in [1.807, 2.05) is 0 Å². The van der Waals surface area contributed by atoms with Gasteiger partial charge in [0.2, 0.25) is 0 Å². The van der Waals surface area contributed by atoms with Crippen LogP contribution in [0.2, 0.25) is 0 Å². The molecule has 0 bridgehead atoms. The van der Waals surface area contributed by atoms with Gasteiger partial charge in [-0.3, -0.25) is 0 Å². The molecule has 1 heterocycles. The van der Waals surface area contributed by atoms with Crippen LogP contribution in [0.4, 0.5) is 0 Å². The number of aromatic amines is 1. The Morgan fingerprint density at radius 2 is 2.12 bits per heavy atom. The number of hydrogen-bond acceptors (Lipinski definition) is 3. The number of nitrogens with zero attached hydrogens (tertiary/aromatic N) is 1. The van der Waals surface area contributed by atoms with E-state index in [9.17, 15) is 4.79 Å². The standard InChI is InChI=1S/C11H17N3O2/c12-6-8-9(11(15)16)14-10(13-8)7-4-2-1-3-5-7/h7H,1-6,12H2,(H,13,14)(H,15,16). The van der Waals surface area contributed by atoms with Gasteiger partial charge in [-0.1, -0.05) is 19.3 Å². The fourth-order valence-corrected chi connectivity index (χ4v) is 2.32. The predicted octanol–water partition coefficient (Wildman–Crippen LogP) is 1.61. The summed E-state index contributed by atoms with van der Waals surface area (Å²) in [5.41, 5.74) is 6.12. The molecule has 0 amide bonds. The molecular formula is C11H17N3O2. The fraction of sp³-hybridized carbons (Fsp3) is 0.636. The monoisotopic (exact) mass is 223 g/mol. The molecule has 0 aromatic carbocycles. The molecule has 4 N–H and O–H groups in total. The first-order chi connectivity index (χ1) is 7.72. The van der Waals surface area contributed by atoms with Gasteiger partial charge in [-0.05, 0) is 12.8 Å². The van der Waals surface area contributed by atoms with E-state index in [0.29, 0.717) is 11.6 Å². The average Bonchev–Trinajstić information content (AvgIpc) is 2.74. The van der Waals surface area contributed by atoms with Crippen molar-refractivity contribution in [2.24, 2.45) is 5.73 Å². The van der Waals surface area contributed by atoms with Crippen molar-refractivity contribution in [1.82, 2.24) is 9.97 Å². The lowest BCUT2D eigenvalue weighted by Gasteiger charge is -2.19. The van der Waals surface area contributed by atoms with Gasteiger partial charge in [0.25, 0.3) is 0 Å². The molecule has 0 radical (unpaired) electrons. The quantitative estimate of drug-likeness (QED) is 0.726. The molecule has 0 atom stereocenters. The summed E-state index contributed by atoms with van der Waals surface area (Å²) >= 11 is 0. The molecule has 0 saturated heterocycles. The van der Waals surface area contributed by atoms with Crippen molar-refractivity contribution >= 4 is 5.97 Å². The van der Waals surface area contributed by atoms with Crippen LogP contribution < -0.4 is 5.73 Å². The molecule has 5 nitrogen and oxygen atoms in total. The minimum Gasteiger partial charge on any atom is -0.476 e. The van der Waals surface area contributed by atoms with Crippen molar-refractivity contribution in [3.63, 3.8) is 0 Å². The van der Waals surface area contributed by atoms with E-state index in [2.05, 4.69) is 9.97 Å². The minimum absolute atomic E-state index is 0.0862. The Morgan fingerprint density at radius 3 is 2.62 bits per heavy atom. The zero-order valence-electron chi connectivity index (χ0n) is 9.20. The van der Waals surface area contributed by atoms with Gasteiger partial charge >= 0.3 is 5.97 Å². The van der Waals surface area contributed by atoms with Crippen molar-refractivity contribution in [3.8, 4) is 0 Å². The van der Waals surface area contributed by atoms with Crippen molar-refractivity contribution in [2.45, 2.75) is 44.6 Å². The third-order valence-corrected chi connectivity index (χ3v) is 3.20. The Bertz CT molecular complexity index is 381. The smallest absolute Gasteiger partial charge is 0.356 e. The zero-order valence-corrected chi connectivity index (χ0v) is 9.20. The lowest BCUT2D eigenvalue weighted by Crippen LogP contribution is -2.06. The lowest BCUT2D eigenvalue weighted by atomic mass is 9.89. The van der Waals surface area contributed by atoms with Gasteiger partial charge in [0.15, 0.2) is 5.69 Å². The third kappa shape index (κ3) is 2.09. The molecule has 1 aliphatic carbocycles. The molecule has 16 heavy (non-hydrogen) atoms. The number of aromatic nitrogens is 2. The van der Waals surface area contributed by atoms with Crippen LogP contribution in [-0.2, 0) is 6.54 Å². The highest BCUT2D eigenvalue weighted by molar-refractivity contribution is 5.86. The Kier molecular flexibility index (Phi) is 3.24. The van der Waals surface area contributed by atoms with Crippen molar-refractivity contribution < 1.29 is 9.90 Å². The van der Waals surface area contributed by atoms with Crippen LogP contribution in [0.25, 0.3) is 0 Å². The highest BCUT2D eigenvalue weighted by Gasteiger charge is 2.22. The van der Waals surface area contributed by atoms with Crippen LogP contribution in [0.5, 0.6) is 0 Å². The molecule has 1 saturated carbocycles. The van der Waals surface area contributed by atoms with Crippen molar-refractivity contribution in [3.05, 3.63) is 17.2 Å².